The quantitative estimate of drug-likeness (QED) is 0.570. The Kier molecular flexibility index (Phi) is 7.75. The van der Waals surface area contributed by atoms with E-state index >= 15 is 0 Å². The number of aromatic nitrogens is 1. The zero-order valence-electron chi connectivity index (χ0n) is 21.1. The lowest BCUT2D eigenvalue weighted by atomic mass is 9.62. The normalized spacial score (nSPS) is 20.2. The molecule has 2 aliphatic heterocycles. The molecule has 2 aromatic rings. The molecule has 204 valence electrons. The minimum atomic E-state index is -4.75. The van der Waals surface area contributed by atoms with Gasteiger partial charge in [0.05, 0.1) is 11.1 Å². The Labute approximate surface area is 218 Å². The van der Waals surface area contributed by atoms with Gasteiger partial charge in [0.15, 0.2) is 0 Å². The molecule has 1 aromatic heterocycles. The number of alkyl halides is 3. The van der Waals surface area contributed by atoms with Crippen LogP contribution in [0.4, 0.5) is 17.6 Å². The first-order chi connectivity index (χ1) is 17.9. The van der Waals surface area contributed by atoms with Crippen LogP contribution in [0.2, 0.25) is 0 Å². The zero-order chi connectivity index (χ0) is 27.7. The summed E-state index contributed by atoms with van der Waals surface area (Å²) < 4.78 is 53.5. The number of hydrogen-bond donors (Lipinski definition) is 2. The predicted octanol–water partition coefficient (Wildman–Crippen LogP) is 3.91. The largest absolute Gasteiger partial charge is 0.416 e. The number of piperidine rings is 2. The number of likely N-dealkylation sites (tertiary alicyclic amines) is 1. The fourth-order valence-corrected chi connectivity index (χ4v) is 5.51. The molecule has 0 bridgehead atoms. The number of nitrogens with zero attached hydrogens (tertiary/aromatic N) is 2. The Morgan fingerprint density at radius 1 is 1.13 bits per heavy atom. The molecule has 2 fully saturated rings. The fourth-order valence-electron chi connectivity index (χ4n) is 5.51. The topological polar surface area (TPSA) is 91.4 Å². The van der Waals surface area contributed by atoms with Crippen molar-refractivity contribution in [3.05, 3.63) is 65.2 Å². The number of hydrogen-bond acceptors (Lipinski definition) is 4. The Bertz CT molecular complexity index is 1190. The van der Waals surface area contributed by atoms with E-state index in [0.717, 1.165) is 5.56 Å². The molecule has 2 aliphatic rings. The smallest absolute Gasteiger partial charge is 0.355 e. The lowest BCUT2D eigenvalue weighted by molar-refractivity contribution is -0.139. The molecule has 2 atom stereocenters. The van der Waals surface area contributed by atoms with Gasteiger partial charge < -0.3 is 15.5 Å². The van der Waals surface area contributed by atoms with E-state index in [0.29, 0.717) is 57.1 Å². The maximum absolute atomic E-state index is 14.3. The van der Waals surface area contributed by atoms with Gasteiger partial charge in [-0.05, 0) is 60.1 Å². The monoisotopic (exact) mass is 534 g/mol. The number of carbonyl (C=O) groups excluding carboxylic acids is 3. The molecular formula is C27H30F4N4O3. The van der Waals surface area contributed by atoms with Crippen LogP contribution in [0.1, 0.15) is 60.5 Å². The first-order valence-corrected chi connectivity index (χ1v) is 12.5. The number of halogens is 4. The summed E-state index contributed by atoms with van der Waals surface area (Å²) in [4.78, 5) is 44.3. The van der Waals surface area contributed by atoms with E-state index in [9.17, 15) is 31.9 Å². The Balaban J connectivity index is 1.48. The number of nitrogens with one attached hydrogen (secondary N) is 2. The second-order valence-corrected chi connectivity index (χ2v) is 10.4. The van der Waals surface area contributed by atoms with Gasteiger partial charge in [0.1, 0.15) is 11.9 Å². The van der Waals surface area contributed by atoms with Gasteiger partial charge in [0.2, 0.25) is 11.8 Å². The summed E-state index contributed by atoms with van der Waals surface area (Å²) in [6, 6.07) is 4.40. The van der Waals surface area contributed by atoms with Crippen LogP contribution >= 0.6 is 0 Å². The molecule has 1 aromatic carbocycles. The second-order valence-electron chi connectivity index (χ2n) is 10.4. The van der Waals surface area contributed by atoms with E-state index in [1.807, 2.05) is 12.1 Å². The number of benzene rings is 1. The van der Waals surface area contributed by atoms with Crippen LogP contribution in [0.5, 0.6) is 0 Å². The molecule has 1 unspecified atom stereocenters. The van der Waals surface area contributed by atoms with Crippen LogP contribution in [-0.4, -0.2) is 53.3 Å². The summed E-state index contributed by atoms with van der Waals surface area (Å²) in [5, 5.41) is 5.39. The predicted molar refractivity (Wildman–Crippen MR) is 130 cm³/mol. The zero-order valence-corrected chi connectivity index (χ0v) is 21.1. The van der Waals surface area contributed by atoms with E-state index in [-0.39, 0.29) is 17.2 Å². The molecule has 2 saturated heterocycles. The van der Waals surface area contributed by atoms with Crippen molar-refractivity contribution in [1.29, 1.82) is 0 Å². The molecule has 38 heavy (non-hydrogen) atoms. The Morgan fingerprint density at radius 2 is 1.79 bits per heavy atom. The van der Waals surface area contributed by atoms with Crippen LogP contribution in [0.3, 0.4) is 0 Å². The maximum atomic E-state index is 14.3. The molecule has 7 nitrogen and oxygen atoms in total. The van der Waals surface area contributed by atoms with Crippen molar-refractivity contribution in [3.63, 3.8) is 0 Å². The van der Waals surface area contributed by atoms with E-state index in [1.165, 1.54) is 0 Å². The number of pyridine rings is 1. The first kappa shape index (κ1) is 27.5. The summed E-state index contributed by atoms with van der Waals surface area (Å²) >= 11 is 0. The molecule has 2 N–H and O–H groups in total. The van der Waals surface area contributed by atoms with Crippen LogP contribution in [0.15, 0.2) is 42.7 Å². The third-order valence-corrected chi connectivity index (χ3v) is 7.69. The van der Waals surface area contributed by atoms with Crippen LogP contribution < -0.4 is 10.6 Å². The van der Waals surface area contributed by atoms with Gasteiger partial charge in [-0.15, -0.1) is 0 Å². The van der Waals surface area contributed by atoms with Crippen molar-refractivity contribution in [1.82, 2.24) is 20.5 Å². The minimum Gasteiger partial charge on any atom is -0.355 e. The average molecular weight is 535 g/mol. The highest BCUT2D eigenvalue weighted by atomic mass is 19.4. The molecule has 0 radical (unpaired) electrons. The maximum Gasteiger partial charge on any atom is 0.416 e. The second kappa shape index (κ2) is 10.7. The van der Waals surface area contributed by atoms with Gasteiger partial charge in [-0.25, -0.2) is 4.39 Å². The summed E-state index contributed by atoms with van der Waals surface area (Å²) in [5.41, 5.74) is -1.20. The molecule has 0 saturated carbocycles. The number of carbonyl (C=O) groups is 3. The van der Waals surface area contributed by atoms with Crippen molar-refractivity contribution in [3.8, 4) is 0 Å². The standard InChI is InChI=1S/C27H30F4N4O3/c1-16(2)23(34-24(37)19-13-18(27(29,30)31)3-4-21(19)28)25(38)35-11-7-26(8-12-35)14-22(36)33-15-20(26)17-5-9-32-10-6-17/h3-6,9-10,13,16,20,23H,7-8,11-12,14-15H2,1-2H3,(H,33,36)(H,34,37)/t20?,23-/m1/s1. The molecule has 4 rings (SSSR count). The SMILES string of the molecule is CC(C)[C@@H](NC(=O)c1cc(C(F)(F)F)ccc1F)C(=O)N1CCC2(CC1)CC(=O)NCC2c1ccncc1. The van der Waals surface area contributed by atoms with Crippen molar-refractivity contribution < 1.29 is 31.9 Å². The fraction of sp³-hybridized carbons (Fsp3) is 0.481. The molecule has 11 heteroatoms. The molecule has 0 aliphatic carbocycles. The van der Waals surface area contributed by atoms with Gasteiger partial charge in [-0.3, -0.25) is 19.4 Å². The highest BCUT2D eigenvalue weighted by molar-refractivity contribution is 5.98. The minimum absolute atomic E-state index is 0.0366. The Hall–Kier alpha value is -3.50. The number of rotatable bonds is 5. The Morgan fingerprint density at radius 3 is 2.39 bits per heavy atom. The third kappa shape index (κ3) is 5.66. The first-order valence-electron chi connectivity index (χ1n) is 12.5. The molecule has 3 amide bonds. The summed E-state index contributed by atoms with van der Waals surface area (Å²) in [6.07, 6.45) is 0.147. The van der Waals surface area contributed by atoms with Gasteiger partial charge in [0.25, 0.3) is 5.91 Å². The third-order valence-electron chi connectivity index (χ3n) is 7.69. The lowest BCUT2D eigenvalue weighted by Crippen LogP contribution is -2.57. The van der Waals surface area contributed by atoms with Gasteiger partial charge in [0, 0.05) is 44.4 Å². The molecular weight excluding hydrogens is 504 g/mol. The van der Waals surface area contributed by atoms with Crippen molar-refractivity contribution in [2.45, 2.75) is 51.2 Å². The highest BCUT2D eigenvalue weighted by Crippen LogP contribution is 2.48. The van der Waals surface area contributed by atoms with E-state index in [4.69, 9.17) is 0 Å². The van der Waals surface area contributed by atoms with Gasteiger partial charge in [-0.2, -0.15) is 13.2 Å². The van der Waals surface area contributed by atoms with Gasteiger partial charge in [-0.1, -0.05) is 13.8 Å². The van der Waals surface area contributed by atoms with E-state index in [2.05, 4.69) is 15.6 Å². The summed E-state index contributed by atoms with van der Waals surface area (Å²) in [6.45, 7) is 4.59. The number of amides is 3. The van der Waals surface area contributed by atoms with Crippen molar-refractivity contribution >= 4 is 17.7 Å². The average Bonchev–Trinajstić information content (AvgIpc) is 2.87. The van der Waals surface area contributed by atoms with Crippen molar-refractivity contribution in [2.24, 2.45) is 11.3 Å². The highest BCUT2D eigenvalue weighted by Gasteiger charge is 2.47. The molecule has 3 heterocycles. The van der Waals surface area contributed by atoms with Crippen molar-refractivity contribution in [2.75, 3.05) is 19.6 Å². The van der Waals surface area contributed by atoms with Crippen LogP contribution in [-0.2, 0) is 15.8 Å². The summed E-state index contributed by atoms with van der Waals surface area (Å²) in [7, 11) is 0. The summed E-state index contributed by atoms with van der Waals surface area (Å²) in [5.74, 6) is -2.97. The molecule has 1 spiro atoms. The van der Waals surface area contributed by atoms with Crippen LogP contribution in [0, 0.1) is 17.2 Å². The van der Waals surface area contributed by atoms with Crippen LogP contribution in [0.25, 0.3) is 0 Å². The van der Waals surface area contributed by atoms with Gasteiger partial charge >= 0.3 is 6.18 Å². The van der Waals surface area contributed by atoms with E-state index in [1.54, 1.807) is 31.1 Å². The van der Waals surface area contributed by atoms with E-state index < -0.39 is 46.9 Å². The lowest BCUT2D eigenvalue weighted by Gasteiger charge is -2.49.